The fourth-order valence-electron chi connectivity index (χ4n) is 4.57. The molecule has 0 aromatic carbocycles. The van der Waals surface area contributed by atoms with E-state index in [4.69, 9.17) is 4.74 Å². The van der Waals surface area contributed by atoms with E-state index in [0.29, 0.717) is 5.41 Å². The Kier molecular flexibility index (Phi) is 6.39. The van der Waals surface area contributed by atoms with Gasteiger partial charge in [-0.2, -0.15) is 0 Å². The van der Waals surface area contributed by atoms with Crippen LogP contribution >= 0.6 is 0 Å². The average Bonchev–Trinajstić information content (AvgIpc) is 3.21. The van der Waals surface area contributed by atoms with Crippen LogP contribution in [-0.4, -0.2) is 75.3 Å². The van der Waals surface area contributed by atoms with Gasteiger partial charge in [0.25, 0.3) is 0 Å². The quantitative estimate of drug-likeness (QED) is 0.475. The van der Waals surface area contributed by atoms with Gasteiger partial charge in [0.05, 0.1) is 6.61 Å². The molecule has 0 saturated carbocycles. The third-order valence-electron chi connectivity index (χ3n) is 6.06. The molecule has 3 rings (SSSR count). The summed E-state index contributed by atoms with van der Waals surface area (Å²) >= 11 is 0. The van der Waals surface area contributed by atoms with E-state index in [0.717, 1.165) is 44.7 Å². The molecule has 0 radical (unpaired) electrons. The number of guanidine groups is 1. The maximum Gasteiger partial charge on any atom is 0.193 e. The van der Waals surface area contributed by atoms with Crippen LogP contribution in [0.3, 0.4) is 0 Å². The molecule has 24 heavy (non-hydrogen) atoms. The molecule has 3 fully saturated rings. The van der Waals surface area contributed by atoms with E-state index in [9.17, 15) is 0 Å². The van der Waals surface area contributed by atoms with E-state index in [2.05, 4.69) is 27.0 Å². The average molecular weight is 337 g/mol. The van der Waals surface area contributed by atoms with Crippen molar-refractivity contribution in [1.82, 2.24) is 15.1 Å². The minimum atomic E-state index is 0.405. The Bertz CT molecular complexity index is 420. The van der Waals surface area contributed by atoms with Crippen LogP contribution in [-0.2, 0) is 4.74 Å². The molecule has 3 heterocycles. The predicted molar refractivity (Wildman–Crippen MR) is 99.5 cm³/mol. The lowest BCUT2D eigenvalue weighted by atomic mass is 9.87. The molecule has 3 aliphatic heterocycles. The van der Waals surface area contributed by atoms with Crippen molar-refractivity contribution in [3.63, 3.8) is 0 Å². The van der Waals surface area contributed by atoms with Gasteiger partial charge in [-0.25, -0.2) is 0 Å². The van der Waals surface area contributed by atoms with Crippen LogP contribution in [0, 0.1) is 11.3 Å². The lowest BCUT2D eigenvalue weighted by Gasteiger charge is -2.30. The maximum atomic E-state index is 5.63. The Morgan fingerprint density at radius 2 is 2.21 bits per heavy atom. The molecule has 0 aliphatic carbocycles. The number of nitrogens with one attached hydrogen (secondary N) is 1. The molecule has 0 aromatic heterocycles. The van der Waals surface area contributed by atoms with Crippen molar-refractivity contribution in [2.75, 3.05) is 59.5 Å². The fraction of sp³-hybridized carbons (Fsp3) is 0.947. The van der Waals surface area contributed by atoms with E-state index in [1.165, 1.54) is 58.2 Å². The first-order valence-electron chi connectivity index (χ1n) is 9.96. The summed E-state index contributed by atoms with van der Waals surface area (Å²) in [5.74, 6) is 1.98. The molecule has 0 amide bonds. The Balaban J connectivity index is 1.32. The third kappa shape index (κ3) is 4.63. The predicted octanol–water partition coefficient (Wildman–Crippen LogP) is 2.19. The Hall–Kier alpha value is -0.810. The smallest absolute Gasteiger partial charge is 0.193 e. The van der Waals surface area contributed by atoms with Crippen LogP contribution in [0.1, 0.15) is 45.4 Å². The highest BCUT2D eigenvalue weighted by molar-refractivity contribution is 5.80. The van der Waals surface area contributed by atoms with Crippen molar-refractivity contribution in [2.24, 2.45) is 16.3 Å². The van der Waals surface area contributed by atoms with E-state index in [1.807, 2.05) is 7.05 Å². The van der Waals surface area contributed by atoms with Crippen LogP contribution < -0.4 is 5.32 Å². The van der Waals surface area contributed by atoms with E-state index < -0.39 is 0 Å². The lowest BCUT2D eigenvalue weighted by molar-refractivity contribution is 0.156. The molecule has 0 bridgehead atoms. The van der Waals surface area contributed by atoms with Gasteiger partial charge in [0.2, 0.25) is 0 Å². The molecule has 138 valence electrons. The van der Waals surface area contributed by atoms with Crippen molar-refractivity contribution >= 4 is 5.96 Å². The summed E-state index contributed by atoms with van der Waals surface area (Å²) in [4.78, 5) is 9.58. The molecule has 0 aromatic rings. The first-order valence-corrected chi connectivity index (χ1v) is 9.96. The molecule has 2 atom stereocenters. The summed E-state index contributed by atoms with van der Waals surface area (Å²) in [6.45, 7) is 11.4. The van der Waals surface area contributed by atoms with Crippen molar-refractivity contribution in [3.05, 3.63) is 0 Å². The monoisotopic (exact) mass is 336 g/mol. The topological polar surface area (TPSA) is 40.1 Å². The summed E-state index contributed by atoms with van der Waals surface area (Å²) < 4.78 is 5.63. The van der Waals surface area contributed by atoms with E-state index in [-0.39, 0.29) is 0 Å². The number of ether oxygens (including phenoxy) is 1. The highest BCUT2D eigenvalue weighted by Crippen LogP contribution is 2.38. The first kappa shape index (κ1) is 18.0. The Labute approximate surface area is 147 Å². The van der Waals surface area contributed by atoms with Crippen LogP contribution in [0.2, 0.25) is 0 Å². The second-order valence-electron chi connectivity index (χ2n) is 8.20. The van der Waals surface area contributed by atoms with Crippen LogP contribution in [0.4, 0.5) is 0 Å². The molecule has 3 saturated heterocycles. The zero-order valence-electron chi connectivity index (χ0n) is 15.7. The number of hydrogen-bond donors (Lipinski definition) is 1. The number of aliphatic imine (C=N–C) groups is 1. The van der Waals surface area contributed by atoms with Gasteiger partial charge in [0, 0.05) is 45.2 Å². The SMILES string of the molecule is CN=C(NCCCCN1CCCC(C)C1)N1CCC2(CCOC2)C1. The second kappa shape index (κ2) is 8.52. The summed E-state index contributed by atoms with van der Waals surface area (Å²) in [6.07, 6.45) is 7.78. The molecule has 5 nitrogen and oxygen atoms in total. The lowest BCUT2D eigenvalue weighted by Crippen LogP contribution is -2.42. The summed E-state index contributed by atoms with van der Waals surface area (Å²) in [5, 5.41) is 3.58. The van der Waals surface area contributed by atoms with Gasteiger partial charge in [0.15, 0.2) is 5.96 Å². The van der Waals surface area contributed by atoms with Crippen molar-refractivity contribution in [2.45, 2.75) is 45.4 Å². The summed E-state index contributed by atoms with van der Waals surface area (Å²) in [5.41, 5.74) is 0.405. The Morgan fingerprint density at radius 1 is 1.29 bits per heavy atom. The zero-order valence-corrected chi connectivity index (χ0v) is 15.7. The molecular formula is C19H36N4O. The van der Waals surface area contributed by atoms with Crippen LogP contribution in [0.15, 0.2) is 4.99 Å². The van der Waals surface area contributed by atoms with Crippen LogP contribution in [0.5, 0.6) is 0 Å². The zero-order chi connectivity index (χ0) is 16.8. The minimum absolute atomic E-state index is 0.405. The first-order chi connectivity index (χ1) is 11.7. The highest BCUT2D eigenvalue weighted by atomic mass is 16.5. The van der Waals surface area contributed by atoms with Crippen LogP contribution in [0.25, 0.3) is 0 Å². The number of hydrogen-bond acceptors (Lipinski definition) is 3. The van der Waals surface area contributed by atoms with E-state index in [1.54, 1.807) is 0 Å². The summed E-state index contributed by atoms with van der Waals surface area (Å²) in [7, 11) is 1.91. The normalized spacial score (nSPS) is 32.0. The van der Waals surface area contributed by atoms with Gasteiger partial charge < -0.3 is 19.9 Å². The second-order valence-corrected chi connectivity index (χ2v) is 8.20. The molecule has 5 heteroatoms. The number of piperidine rings is 1. The van der Waals surface area contributed by atoms with Crippen molar-refractivity contribution in [1.29, 1.82) is 0 Å². The number of unbranched alkanes of at least 4 members (excludes halogenated alkanes) is 1. The van der Waals surface area contributed by atoms with Crippen molar-refractivity contribution in [3.8, 4) is 0 Å². The maximum absolute atomic E-state index is 5.63. The van der Waals surface area contributed by atoms with Gasteiger partial charge in [-0.05, 0) is 57.5 Å². The molecular weight excluding hydrogens is 300 g/mol. The van der Waals surface area contributed by atoms with Gasteiger partial charge >= 0.3 is 0 Å². The van der Waals surface area contributed by atoms with Gasteiger partial charge in [0.1, 0.15) is 0 Å². The Morgan fingerprint density at radius 3 is 2.96 bits per heavy atom. The third-order valence-corrected chi connectivity index (χ3v) is 6.06. The molecule has 2 unspecified atom stereocenters. The van der Waals surface area contributed by atoms with E-state index >= 15 is 0 Å². The fourth-order valence-corrected chi connectivity index (χ4v) is 4.57. The van der Waals surface area contributed by atoms with Gasteiger partial charge in [-0.1, -0.05) is 6.92 Å². The minimum Gasteiger partial charge on any atom is -0.381 e. The van der Waals surface area contributed by atoms with Gasteiger partial charge in [-0.3, -0.25) is 4.99 Å². The highest BCUT2D eigenvalue weighted by Gasteiger charge is 2.42. The van der Waals surface area contributed by atoms with Gasteiger partial charge in [-0.15, -0.1) is 0 Å². The number of likely N-dealkylation sites (tertiary alicyclic amines) is 2. The van der Waals surface area contributed by atoms with Crippen molar-refractivity contribution < 1.29 is 4.74 Å². The molecule has 1 spiro atoms. The molecule has 3 aliphatic rings. The largest absolute Gasteiger partial charge is 0.381 e. The molecule has 1 N–H and O–H groups in total. The number of nitrogens with zero attached hydrogens (tertiary/aromatic N) is 3. The standard InChI is InChI=1S/C19H36N4O/c1-17-6-5-11-22(14-17)10-4-3-9-21-18(20-2)23-12-7-19(15-23)8-13-24-16-19/h17H,3-16H2,1-2H3,(H,20,21). The number of rotatable bonds is 5. The summed E-state index contributed by atoms with van der Waals surface area (Å²) in [6, 6.07) is 0.